The normalized spacial score (nSPS) is 10.2. The van der Waals surface area contributed by atoms with Crippen LogP contribution in [0.5, 0.6) is 0 Å². The number of rotatable bonds is 6. The van der Waals surface area contributed by atoms with Crippen molar-refractivity contribution in [2.24, 2.45) is 0 Å². The largest absolute Gasteiger partial charge is 0.462 e. The van der Waals surface area contributed by atoms with Gasteiger partial charge >= 0.3 is 11.7 Å². The molecule has 0 fully saturated rings. The third-order valence-electron chi connectivity index (χ3n) is 3.00. The van der Waals surface area contributed by atoms with E-state index in [0.717, 1.165) is 5.56 Å². The lowest BCUT2D eigenvalue weighted by molar-refractivity contribution is -0.384. The number of nitrogens with one attached hydrogen (secondary N) is 1. The third-order valence-corrected chi connectivity index (χ3v) is 3.28. The van der Waals surface area contributed by atoms with Crippen LogP contribution >= 0.6 is 11.6 Å². The molecule has 1 aromatic carbocycles. The molecular weight excluding hydrogens is 322 g/mol. The number of carbonyl (C=O) groups is 1. The summed E-state index contributed by atoms with van der Waals surface area (Å²) in [5.74, 6) is -0.699. The van der Waals surface area contributed by atoms with Gasteiger partial charge in [0.15, 0.2) is 0 Å². The smallest absolute Gasteiger partial charge is 0.342 e. The minimum atomic E-state index is -0.699. The first-order valence-electron chi connectivity index (χ1n) is 6.82. The van der Waals surface area contributed by atoms with Crippen molar-refractivity contribution in [3.8, 4) is 0 Å². The van der Waals surface area contributed by atoms with Crippen LogP contribution in [-0.2, 0) is 11.3 Å². The van der Waals surface area contributed by atoms with Gasteiger partial charge in [-0.2, -0.15) is 0 Å². The molecule has 2 aromatic rings. The van der Waals surface area contributed by atoms with E-state index >= 15 is 0 Å². The Bertz CT molecular complexity index is 722. The summed E-state index contributed by atoms with van der Waals surface area (Å²) in [6, 6.07) is 9.26. The highest BCUT2D eigenvalue weighted by atomic mass is 35.5. The number of carbonyl (C=O) groups excluding carboxylic acids is 1. The Hall–Kier alpha value is -2.67. The number of ether oxygens (including phenoxy) is 1. The highest BCUT2D eigenvalue weighted by molar-refractivity contribution is 6.32. The lowest BCUT2D eigenvalue weighted by Gasteiger charge is -2.12. The molecule has 1 aromatic heterocycles. The number of anilines is 1. The Labute approximate surface area is 137 Å². The summed E-state index contributed by atoms with van der Waals surface area (Å²) in [7, 11) is 0. The molecule has 0 unspecified atom stereocenters. The first kappa shape index (κ1) is 16.7. The minimum absolute atomic E-state index is 0.00250. The maximum Gasteiger partial charge on any atom is 0.342 e. The summed E-state index contributed by atoms with van der Waals surface area (Å²) in [6.07, 6.45) is 1.17. The molecule has 0 aliphatic heterocycles. The highest BCUT2D eigenvalue weighted by Gasteiger charge is 2.27. The van der Waals surface area contributed by atoms with Crippen LogP contribution in [0.4, 0.5) is 11.4 Å². The first-order valence-corrected chi connectivity index (χ1v) is 7.20. The van der Waals surface area contributed by atoms with Gasteiger partial charge in [-0.1, -0.05) is 41.9 Å². The van der Waals surface area contributed by atoms with E-state index in [1.54, 1.807) is 6.92 Å². The van der Waals surface area contributed by atoms with E-state index in [1.807, 2.05) is 30.3 Å². The molecule has 120 valence electrons. The van der Waals surface area contributed by atoms with Gasteiger partial charge in [0.2, 0.25) is 5.15 Å². The quantitative estimate of drug-likeness (QED) is 0.376. The first-order chi connectivity index (χ1) is 11.0. The van der Waals surface area contributed by atoms with Crippen LogP contribution < -0.4 is 5.32 Å². The van der Waals surface area contributed by atoms with Crippen molar-refractivity contribution in [2.75, 3.05) is 11.9 Å². The molecule has 0 bridgehead atoms. The molecule has 0 radical (unpaired) electrons. The molecule has 1 N–H and O–H groups in total. The number of pyridine rings is 1. The lowest BCUT2D eigenvalue weighted by Crippen LogP contribution is -2.13. The van der Waals surface area contributed by atoms with E-state index in [2.05, 4.69) is 10.3 Å². The van der Waals surface area contributed by atoms with Gasteiger partial charge in [-0.25, -0.2) is 9.78 Å². The van der Waals surface area contributed by atoms with E-state index in [4.69, 9.17) is 16.3 Å². The Morgan fingerprint density at radius 3 is 2.70 bits per heavy atom. The molecule has 0 atom stereocenters. The van der Waals surface area contributed by atoms with Crippen molar-refractivity contribution in [3.63, 3.8) is 0 Å². The number of benzene rings is 1. The lowest BCUT2D eigenvalue weighted by atomic mass is 10.2. The molecule has 0 saturated carbocycles. The highest BCUT2D eigenvalue weighted by Crippen LogP contribution is 2.34. The fourth-order valence-electron chi connectivity index (χ4n) is 1.97. The van der Waals surface area contributed by atoms with Gasteiger partial charge in [-0.05, 0) is 12.5 Å². The Kier molecular flexibility index (Phi) is 5.48. The van der Waals surface area contributed by atoms with Crippen molar-refractivity contribution in [2.45, 2.75) is 13.5 Å². The van der Waals surface area contributed by atoms with Crippen molar-refractivity contribution < 1.29 is 14.5 Å². The molecule has 1 heterocycles. The van der Waals surface area contributed by atoms with Gasteiger partial charge in [-0.3, -0.25) is 10.1 Å². The second kappa shape index (κ2) is 7.55. The SMILES string of the molecule is CCOC(=O)c1cnc(Cl)c([N+](=O)[O-])c1NCc1ccccc1. The molecule has 0 amide bonds. The van der Waals surface area contributed by atoms with Gasteiger partial charge < -0.3 is 10.1 Å². The van der Waals surface area contributed by atoms with Gasteiger partial charge in [0.25, 0.3) is 0 Å². The number of hydrogen-bond acceptors (Lipinski definition) is 6. The standard InChI is InChI=1S/C15H14ClN3O4/c1-2-23-15(20)11-9-18-14(16)13(19(21)22)12(11)17-8-10-6-4-3-5-7-10/h3-7,9H,2,8H2,1H3,(H,17,18). The average molecular weight is 336 g/mol. The molecule has 0 spiro atoms. The number of nitro groups is 1. The Morgan fingerprint density at radius 2 is 2.09 bits per heavy atom. The van der Waals surface area contributed by atoms with Gasteiger partial charge in [0.1, 0.15) is 11.3 Å². The van der Waals surface area contributed by atoms with Crippen molar-refractivity contribution in [1.29, 1.82) is 0 Å². The number of esters is 1. The number of nitrogens with zero attached hydrogens (tertiary/aromatic N) is 2. The molecule has 0 saturated heterocycles. The van der Waals surface area contributed by atoms with Crippen LogP contribution in [0.3, 0.4) is 0 Å². The Balaban J connectivity index is 2.42. The number of hydrogen-bond donors (Lipinski definition) is 1. The Morgan fingerprint density at radius 1 is 1.39 bits per heavy atom. The van der Waals surface area contributed by atoms with Gasteiger partial charge in [0, 0.05) is 12.7 Å². The van der Waals surface area contributed by atoms with Crippen molar-refractivity contribution in [1.82, 2.24) is 4.98 Å². The summed E-state index contributed by atoms with van der Waals surface area (Å²) in [5, 5.41) is 13.9. The zero-order chi connectivity index (χ0) is 16.8. The van der Waals surface area contributed by atoms with Crippen molar-refractivity contribution in [3.05, 3.63) is 62.9 Å². The maximum atomic E-state index is 12.0. The molecule has 7 nitrogen and oxygen atoms in total. The van der Waals surface area contributed by atoms with Crippen LogP contribution in [0.1, 0.15) is 22.8 Å². The average Bonchev–Trinajstić information content (AvgIpc) is 2.53. The molecule has 0 aliphatic carbocycles. The maximum absolute atomic E-state index is 12.0. The molecule has 8 heteroatoms. The van der Waals surface area contributed by atoms with Crippen LogP contribution in [0.25, 0.3) is 0 Å². The molecule has 23 heavy (non-hydrogen) atoms. The predicted molar refractivity (Wildman–Crippen MR) is 85.6 cm³/mol. The summed E-state index contributed by atoms with van der Waals surface area (Å²) in [5.41, 5.74) is 0.411. The van der Waals surface area contributed by atoms with Crippen LogP contribution in [0.2, 0.25) is 5.15 Å². The number of aromatic nitrogens is 1. The molecular formula is C15H14ClN3O4. The van der Waals surface area contributed by atoms with Crippen LogP contribution in [0, 0.1) is 10.1 Å². The van der Waals surface area contributed by atoms with Crippen molar-refractivity contribution >= 4 is 28.9 Å². The third kappa shape index (κ3) is 3.95. The molecule has 2 rings (SSSR count). The summed E-state index contributed by atoms with van der Waals surface area (Å²) in [4.78, 5) is 26.3. The molecule has 0 aliphatic rings. The second-order valence-electron chi connectivity index (χ2n) is 4.50. The zero-order valence-corrected chi connectivity index (χ0v) is 13.0. The summed E-state index contributed by atoms with van der Waals surface area (Å²) in [6.45, 7) is 2.08. The predicted octanol–water partition coefficient (Wildman–Crippen LogP) is 3.43. The van der Waals surface area contributed by atoms with E-state index in [-0.39, 0.29) is 29.6 Å². The second-order valence-corrected chi connectivity index (χ2v) is 4.86. The van der Waals surface area contributed by atoms with Gasteiger partial charge in [0.05, 0.1) is 11.5 Å². The minimum Gasteiger partial charge on any atom is -0.462 e. The van der Waals surface area contributed by atoms with Gasteiger partial charge in [-0.15, -0.1) is 0 Å². The van der Waals surface area contributed by atoms with Crippen LogP contribution in [-0.4, -0.2) is 22.5 Å². The van der Waals surface area contributed by atoms with Crippen LogP contribution in [0.15, 0.2) is 36.5 Å². The van der Waals surface area contributed by atoms with E-state index < -0.39 is 16.6 Å². The van der Waals surface area contributed by atoms with E-state index in [1.165, 1.54) is 6.20 Å². The van der Waals surface area contributed by atoms with E-state index in [9.17, 15) is 14.9 Å². The fraction of sp³-hybridized carbons (Fsp3) is 0.200. The summed E-state index contributed by atoms with van der Waals surface area (Å²) < 4.78 is 4.91. The monoisotopic (exact) mass is 335 g/mol. The zero-order valence-electron chi connectivity index (χ0n) is 12.3. The summed E-state index contributed by atoms with van der Waals surface area (Å²) >= 11 is 5.81. The van der Waals surface area contributed by atoms with E-state index in [0.29, 0.717) is 0 Å². The fourth-order valence-corrected chi connectivity index (χ4v) is 2.19. The number of halogens is 1. The topological polar surface area (TPSA) is 94.4 Å².